The van der Waals surface area contributed by atoms with Gasteiger partial charge in [0.15, 0.2) is 5.96 Å². The molecule has 3 N–H and O–H groups in total. The lowest BCUT2D eigenvalue weighted by Crippen LogP contribution is -2.43. The van der Waals surface area contributed by atoms with Gasteiger partial charge in [0.25, 0.3) is 5.91 Å². The summed E-state index contributed by atoms with van der Waals surface area (Å²) < 4.78 is 7.08. The standard InChI is InChI=1S/C22H34N6O2/c1-7-23-22(26-15(2)13-20-16(3)27-28(5)17(20)4)25-12-11-24-21(29)18-9-8-10-19(14-18)30-6/h8-10,14-15H,7,11-13H2,1-6H3,(H,24,29)(H2,23,25,26). The van der Waals surface area contributed by atoms with Crippen LogP contribution in [0.2, 0.25) is 0 Å². The van der Waals surface area contributed by atoms with Gasteiger partial charge in [0.2, 0.25) is 0 Å². The van der Waals surface area contributed by atoms with Crippen LogP contribution in [0.25, 0.3) is 0 Å². The van der Waals surface area contributed by atoms with Crippen molar-refractivity contribution in [2.75, 3.05) is 26.7 Å². The molecule has 1 aromatic heterocycles. The van der Waals surface area contributed by atoms with Gasteiger partial charge < -0.3 is 20.7 Å². The van der Waals surface area contributed by atoms with Crippen LogP contribution in [0.3, 0.4) is 0 Å². The first-order valence-electron chi connectivity index (χ1n) is 10.3. The summed E-state index contributed by atoms with van der Waals surface area (Å²) in [7, 11) is 3.55. The zero-order valence-corrected chi connectivity index (χ0v) is 18.9. The van der Waals surface area contributed by atoms with Gasteiger partial charge in [-0.25, -0.2) is 0 Å². The third kappa shape index (κ3) is 6.50. The SMILES string of the molecule is CCNC(=NCCNC(=O)c1cccc(OC)c1)NC(C)Cc1c(C)nn(C)c1C. The molecule has 1 amide bonds. The highest BCUT2D eigenvalue weighted by Crippen LogP contribution is 2.14. The molecule has 1 heterocycles. The lowest BCUT2D eigenvalue weighted by Gasteiger charge is -2.18. The number of nitrogens with zero attached hydrogens (tertiary/aromatic N) is 3. The van der Waals surface area contributed by atoms with E-state index in [-0.39, 0.29) is 11.9 Å². The van der Waals surface area contributed by atoms with Crippen LogP contribution in [0.15, 0.2) is 29.3 Å². The van der Waals surface area contributed by atoms with E-state index in [1.807, 2.05) is 31.6 Å². The fourth-order valence-corrected chi connectivity index (χ4v) is 3.23. The first-order chi connectivity index (χ1) is 14.3. The van der Waals surface area contributed by atoms with Crippen molar-refractivity contribution in [1.29, 1.82) is 0 Å². The van der Waals surface area contributed by atoms with E-state index in [0.29, 0.717) is 24.4 Å². The average Bonchev–Trinajstić information content (AvgIpc) is 2.97. The fraction of sp³-hybridized carbons (Fsp3) is 0.500. The number of aromatic nitrogens is 2. The largest absolute Gasteiger partial charge is 0.497 e. The minimum atomic E-state index is -0.141. The number of carbonyl (C=O) groups excluding carboxylic acids is 1. The maximum Gasteiger partial charge on any atom is 0.251 e. The Balaban J connectivity index is 1.88. The Morgan fingerprint density at radius 3 is 2.70 bits per heavy atom. The second kappa shape index (κ2) is 11.2. The molecule has 0 bridgehead atoms. The van der Waals surface area contributed by atoms with E-state index >= 15 is 0 Å². The summed E-state index contributed by atoms with van der Waals surface area (Å²) in [5, 5.41) is 14.1. The number of hydrogen-bond acceptors (Lipinski definition) is 4. The van der Waals surface area contributed by atoms with Gasteiger partial charge in [-0.05, 0) is 57.9 Å². The van der Waals surface area contributed by atoms with Crippen molar-refractivity contribution in [1.82, 2.24) is 25.7 Å². The number of ether oxygens (including phenoxy) is 1. The molecule has 2 rings (SSSR count). The summed E-state index contributed by atoms with van der Waals surface area (Å²) in [5.74, 6) is 1.25. The monoisotopic (exact) mass is 414 g/mol. The topological polar surface area (TPSA) is 92.6 Å². The number of hydrogen-bond donors (Lipinski definition) is 3. The maximum absolute atomic E-state index is 12.3. The van der Waals surface area contributed by atoms with Crippen LogP contribution < -0.4 is 20.7 Å². The maximum atomic E-state index is 12.3. The highest BCUT2D eigenvalue weighted by atomic mass is 16.5. The lowest BCUT2D eigenvalue weighted by molar-refractivity contribution is 0.0954. The number of nitrogens with one attached hydrogen (secondary N) is 3. The summed E-state index contributed by atoms with van der Waals surface area (Å²) in [4.78, 5) is 16.9. The zero-order valence-electron chi connectivity index (χ0n) is 18.9. The van der Waals surface area contributed by atoms with Crippen LogP contribution in [-0.4, -0.2) is 54.4 Å². The number of methoxy groups -OCH3 is 1. The molecule has 0 saturated carbocycles. The number of carbonyl (C=O) groups is 1. The third-order valence-corrected chi connectivity index (χ3v) is 4.90. The Morgan fingerprint density at radius 2 is 2.07 bits per heavy atom. The summed E-state index contributed by atoms with van der Waals surface area (Å²) in [6, 6.07) is 7.28. The molecule has 30 heavy (non-hydrogen) atoms. The van der Waals surface area contributed by atoms with Gasteiger partial charge in [0, 0.05) is 37.4 Å². The first-order valence-corrected chi connectivity index (χ1v) is 10.3. The Bertz CT molecular complexity index is 875. The van der Waals surface area contributed by atoms with E-state index < -0.39 is 0 Å². The quantitative estimate of drug-likeness (QED) is 0.331. The molecule has 1 unspecified atom stereocenters. The van der Waals surface area contributed by atoms with Crippen molar-refractivity contribution in [3.8, 4) is 5.75 Å². The number of benzene rings is 1. The van der Waals surface area contributed by atoms with Gasteiger partial charge in [-0.2, -0.15) is 5.10 Å². The van der Waals surface area contributed by atoms with E-state index in [4.69, 9.17) is 4.74 Å². The smallest absolute Gasteiger partial charge is 0.251 e. The summed E-state index contributed by atoms with van der Waals surface area (Å²) in [6.45, 7) is 9.97. The minimum Gasteiger partial charge on any atom is -0.497 e. The van der Waals surface area contributed by atoms with Crippen molar-refractivity contribution >= 4 is 11.9 Å². The van der Waals surface area contributed by atoms with Crippen molar-refractivity contribution < 1.29 is 9.53 Å². The van der Waals surface area contributed by atoms with E-state index in [9.17, 15) is 4.79 Å². The molecule has 0 radical (unpaired) electrons. The number of aliphatic imine (C=N–C) groups is 1. The molecule has 1 aromatic carbocycles. The van der Waals surface area contributed by atoms with Gasteiger partial charge in [0.05, 0.1) is 19.3 Å². The number of rotatable bonds is 9. The predicted molar refractivity (Wildman–Crippen MR) is 120 cm³/mol. The van der Waals surface area contributed by atoms with Crippen LogP contribution >= 0.6 is 0 Å². The number of guanidine groups is 1. The summed E-state index contributed by atoms with van der Waals surface area (Å²) in [6.07, 6.45) is 0.864. The molecule has 0 aliphatic carbocycles. The Kier molecular flexibility index (Phi) is 8.70. The molecule has 8 nitrogen and oxygen atoms in total. The zero-order chi connectivity index (χ0) is 22.1. The molecule has 8 heteroatoms. The minimum absolute atomic E-state index is 0.141. The second-order valence-corrected chi connectivity index (χ2v) is 7.27. The molecule has 0 saturated heterocycles. The van der Waals surface area contributed by atoms with Crippen LogP contribution in [0.4, 0.5) is 0 Å². The van der Waals surface area contributed by atoms with Crippen LogP contribution in [0, 0.1) is 13.8 Å². The molecule has 0 spiro atoms. The number of aryl methyl sites for hydroxylation is 2. The van der Waals surface area contributed by atoms with Crippen LogP contribution in [0.1, 0.15) is 41.2 Å². The second-order valence-electron chi connectivity index (χ2n) is 7.27. The highest BCUT2D eigenvalue weighted by molar-refractivity contribution is 5.94. The Hall–Kier alpha value is -3.03. The number of amides is 1. The summed E-state index contributed by atoms with van der Waals surface area (Å²) in [5.41, 5.74) is 4.08. The molecule has 2 aromatic rings. The van der Waals surface area contributed by atoms with Crippen molar-refractivity contribution in [3.05, 3.63) is 46.8 Å². The van der Waals surface area contributed by atoms with E-state index in [1.54, 1.807) is 25.3 Å². The van der Waals surface area contributed by atoms with Gasteiger partial charge in [-0.3, -0.25) is 14.5 Å². The van der Waals surface area contributed by atoms with Crippen LogP contribution in [0.5, 0.6) is 5.75 Å². The first kappa shape index (κ1) is 23.3. The summed E-state index contributed by atoms with van der Waals surface area (Å²) >= 11 is 0. The molecule has 0 aliphatic heterocycles. The van der Waals surface area contributed by atoms with Crippen molar-refractivity contribution in [2.24, 2.45) is 12.0 Å². The van der Waals surface area contributed by atoms with E-state index in [1.165, 1.54) is 11.3 Å². The average molecular weight is 415 g/mol. The normalized spacial score (nSPS) is 12.4. The lowest BCUT2D eigenvalue weighted by atomic mass is 10.1. The predicted octanol–water partition coefficient (Wildman–Crippen LogP) is 1.96. The molecular weight excluding hydrogens is 380 g/mol. The van der Waals surface area contributed by atoms with E-state index in [0.717, 1.165) is 24.6 Å². The Morgan fingerprint density at radius 1 is 1.30 bits per heavy atom. The molecule has 1 atom stereocenters. The molecule has 0 aliphatic rings. The van der Waals surface area contributed by atoms with E-state index in [2.05, 4.69) is 39.9 Å². The van der Waals surface area contributed by atoms with Gasteiger partial charge in [-0.1, -0.05) is 6.07 Å². The third-order valence-electron chi connectivity index (χ3n) is 4.90. The molecule has 164 valence electrons. The van der Waals surface area contributed by atoms with Crippen molar-refractivity contribution in [2.45, 2.75) is 40.2 Å². The van der Waals surface area contributed by atoms with Crippen LogP contribution in [-0.2, 0) is 13.5 Å². The highest BCUT2D eigenvalue weighted by Gasteiger charge is 2.14. The van der Waals surface area contributed by atoms with Gasteiger partial charge in [-0.15, -0.1) is 0 Å². The fourth-order valence-electron chi connectivity index (χ4n) is 3.23. The molecule has 0 fully saturated rings. The van der Waals surface area contributed by atoms with Gasteiger partial charge in [0.1, 0.15) is 5.75 Å². The Labute approximate surface area is 179 Å². The van der Waals surface area contributed by atoms with Gasteiger partial charge >= 0.3 is 0 Å². The molecular formula is C22H34N6O2. The van der Waals surface area contributed by atoms with Crippen molar-refractivity contribution in [3.63, 3.8) is 0 Å².